The number of ether oxygens (including phenoxy) is 3. The van der Waals surface area contributed by atoms with Gasteiger partial charge in [-0.1, -0.05) is 17.7 Å². The first-order chi connectivity index (χ1) is 13.5. The summed E-state index contributed by atoms with van der Waals surface area (Å²) in [6.07, 6.45) is 0. The first kappa shape index (κ1) is 17.6. The number of rotatable bonds is 4. The number of aromatic nitrogens is 2. The average molecular weight is 379 g/mol. The van der Waals surface area contributed by atoms with Gasteiger partial charge in [0.25, 0.3) is 11.5 Å². The number of nitrogens with zero attached hydrogens (tertiary/aromatic N) is 2. The average Bonchev–Trinajstić information content (AvgIpc) is 3.16. The van der Waals surface area contributed by atoms with E-state index in [1.165, 1.54) is 13.2 Å². The Hall–Kier alpha value is -3.81. The number of nitrogens with one attached hydrogen (secondary N) is 1. The highest BCUT2D eigenvalue weighted by Crippen LogP contribution is 2.34. The lowest BCUT2D eigenvalue weighted by molar-refractivity contribution is 0.101. The third-order valence-electron chi connectivity index (χ3n) is 4.24. The van der Waals surface area contributed by atoms with Crippen molar-refractivity contribution in [3.63, 3.8) is 0 Å². The van der Waals surface area contributed by atoms with E-state index >= 15 is 0 Å². The van der Waals surface area contributed by atoms with Gasteiger partial charge in [0.1, 0.15) is 0 Å². The molecule has 2 heterocycles. The van der Waals surface area contributed by atoms with Crippen LogP contribution in [0.25, 0.3) is 5.69 Å². The summed E-state index contributed by atoms with van der Waals surface area (Å²) in [6, 6.07) is 13.5. The molecule has 28 heavy (non-hydrogen) atoms. The molecule has 1 aliphatic heterocycles. The number of aryl methyl sites for hydroxylation is 1. The van der Waals surface area contributed by atoms with Gasteiger partial charge in [0, 0.05) is 11.8 Å². The van der Waals surface area contributed by atoms with Crippen molar-refractivity contribution in [2.24, 2.45) is 0 Å². The zero-order valence-corrected chi connectivity index (χ0v) is 15.3. The zero-order valence-electron chi connectivity index (χ0n) is 15.3. The van der Waals surface area contributed by atoms with Crippen molar-refractivity contribution in [1.29, 1.82) is 0 Å². The molecule has 0 bridgehead atoms. The van der Waals surface area contributed by atoms with Crippen LogP contribution in [-0.4, -0.2) is 29.6 Å². The second kappa shape index (κ2) is 7.07. The molecule has 1 aromatic heterocycles. The molecule has 1 amide bonds. The second-order valence-corrected chi connectivity index (χ2v) is 6.17. The summed E-state index contributed by atoms with van der Waals surface area (Å²) < 4.78 is 16.9. The molecule has 0 saturated heterocycles. The topological polar surface area (TPSA) is 91.7 Å². The molecule has 8 nitrogen and oxygen atoms in total. The smallest absolute Gasteiger partial charge is 0.280 e. The maximum Gasteiger partial charge on any atom is 0.280 e. The van der Waals surface area contributed by atoms with Crippen LogP contribution in [0.4, 0.5) is 5.69 Å². The monoisotopic (exact) mass is 379 g/mol. The van der Waals surface area contributed by atoms with Crippen LogP contribution in [0.5, 0.6) is 17.2 Å². The Morgan fingerprint density at radius 3 is 2.61 bits per heavy atom. The lowest BCUT2D eigenvalue weighted by Gasteiger charge is -2.12. The second-order valence-electron chi connectivity index (χ2n) is 6.17. The molecule has 1 N–H and O–H groups in total. The van der Waals surface area contributed by atoms with Crippen LogP contribution in [0.15, 0.2) is 53.3 Å². The molecule has 0 atom stereocenters. The molecule has 0 spiro atoms. The lowest BCUT2D eigenvalue weighted by atomic mass is 10.2. The van der Waals surface area contributed by atoms with Crippen LogP contribution in [-0.2, 0) is 0 Å². The Bertz CT molecular complexity index is 1110. The maximum atomic E-state index is 12.8. The minimum atomic E-state index is -0.517. The van der Waals surface area contributed by atoms with Crippen LogP contribution in [0, 0.1) is 6.92 Å². The highest BCUT2D eigenvalue weighted by atomic mass is 16.7. The molecular weight excluding hydrogens is 362 g/mol. The van der Waals surface area contributed by atoms with Gasteiger partial charge in [0.2, 0.25) is 6.79 Å². The van der Waals surface area contributed by atoms with Crippen molar-refractivity contribution >= 4 is 11.6 Å². The Morgan fingerprint density at radius 2 is 1.86 bits per heavy atom. The standard InChI is InChI=1S/C20H17N3O5/c1-12-3-6-14(7-4-12)23-18(24)10-17(26-2)19(22-23)20(25)21-13-5-8-15-16(9-13)28-11-27-15/h3-10H,11H2,1-2H3,(H,21,25). The van der Waals surface area contributed by atoms with Crippen molar-refractivity contribution in [1.82, 2.24) is 9.78 Å². The molecule has 2 aromatic carbocycles. The van der Waals surface area contributed by atoms with E-state index in [1.54, 1.807) is 30.3 Å². The third-order valence-corrected chi connectivity index (χ3v) is 4.24. The number of methoxy groups -OCH3 is 1. The van der Waals surface area contributed by atoms with E-state index < -0.39 is 11.5 Å². The minimum Gasteiger partial charge on any atom is -0.494 e. The van der Waals surface area contributed by atoms with E-state index in [9.17, 15) is 9.59 Å². The SMILES string of the molecule is COc1cc(=O)n(-c2ccc(C)cc2)nc1C(=O)Nc1ccc2c(c1)OCO2. The van der Waals surface area contributed by atoms with Crippen molar-refractivity contribution in [2.75, 3.05) is 19.2 Å². The molecule has 142 valence electrons. The Balaban J connectivity index is 1.69. The number of anilines is 1. The lowest BCUT2D eigenvalue weighted by Crippen LogP contribution is -2.26. The summed E-state index contributed by atoms with van der Waals surface area (Å²) in [5.41, 5.74) is 1.69. The summed E-state index contributed by atoms with van der Waals surface area (Å²) in [5.74, 6) is 0.729. The third kappa shape index (κ3) is 3.27. The predicted molar refractivity (Wildman–Crippen MR) is 102 cm³/mol. The van der Waals surface area contributed by atoms with Crippen LogP contribution in [0.3, 0.4) is 0 Å². The quantitative estimate of drug-likeness (QED) is 0.749. The minimum absolute atomic E-state index is 0.0136. The molecule has 8 heteroatoms. The van der Waals surface area contributed by atoms with Crippen molar-refractivity contribution in [3.05, 3.63) is 70.1 Å². The van der Waals surface area contributed by atoms with E-state index in [-0.39, 0.29) is 18.2 Å². The van der Waals surface area contributed by atoms with Crippen LogP contribution >= 0.6 is 0 Å². The van der Waals surface area contributed by atoms with Gasteiger partial charge in [0.15, 0.2) is 22.9 Å². The first-order valence-corrected chi connectivity index (χ1v) is 8.51. The maximum absolute atomic E-state index is 12.8. The van der Waals surface area contributed by atoms with Gasteiger partial charge in [-0.05, 0) is 31.2 Å². The van der Waals surface area contributed by atoms with Gasteiger partial charge in [-0.15, -0.1) is 0 Å². The van der Waals surface area contributed by atoms with E-state index in [2.05, 4.69) is 10.4 Å². The van der Waals surface area contributed by atoms with Crippen molar-refractivity contribution in [3.8, 4) is 22.9 Å². The molecule has 0 aliphatic carbocycles. The van der Waals surface area contributed by atoms with E-state index in [1.807, 2.05) is 19.1 Å². The number of carbonyl (C=O) groups excluding carboxylic acids is 1. The van der Waals surface area contributed by atoms with Gasteiger partial charge >= 0.3 is 0 Å². The van der Waals surface area contributed by atoms with Gasteiger partial charge in [-0.2, -0.15) is 9.78 Å². The molecule has 1 aliphatic rings. The molecule has 0 radical (unpaired) electrons. The van der Waals surface area contributed by atoms with Gasteiger partial charge in [-0.25, -0.2) is 0 Å². The van der Waals surface area contributed by atoms with E-state index in [0.717, 1.165) is 10.2 Å². The van der Waals surface area contributed by atoms with Crippen LogP contribution < -0.4 is 25.1 Å². The molecular formula is C20H17N3O5. The number of carbonyl (C=O) groups is 1. The highest BCUT2D eigenvalue weighted by molar-refractivity contribution is 6.04. The Morgan fingerprint density at radius 1 is 1.11 bits per heavy atom. The summed E-state index contributed by atoms with van der Waals surface area (Å²) in [5, 5.41) is 6.96. The number of amides is 1. The normalized spacial score (nSPS) is 11.9. The fourth-order valence-electron chi connectivity index (χ4n) is 2.79. The van der Waals surface area contributed by atoms with Crippen molar-refractivity contribution < 1.29 is 19.0 Å². The van der Waals surface area contributed by atoms with E-state index in [0.29, 0.717) is 22.9 Å². The van der Waals surface area contributed by atoms with Crippen LogP contribution in [0.1, 0.15) is 16.1 Å². The van der Waals surface area contributed by atoms with E-state index in [4.69, 9.17) is 14.2 Å². The number of benzene rings is 2. The Kier molecular flexibility index (Phi) is 4.44. The number of fused-ring (bicyclic) bond motifs is 1. The van der Waals surface area contributed by atoms with Gasteiger partial charge in [-0.3, -0.25) is 9.59 Å². The summed E-state index contributed by atoms with van der Waals surface area (Å²) >= 11 is 0. The van der Waals surface area contributed by atoms with Gasteiger partial charge < -0.3 is 19.5 Å². The molecule has 0 saturated carbocycles. The fraction of sp³-hybridized carbons (Fsp3) is 0.150. The largest absolute Gasteiger partial charge is 0.494 e. The van der Waals surface area contributed by atoms with Crippen LogP contribution in [0.2, 0.25) is 0 Å². The summed E-state index contributed by atoms with van der Waals surface area (Å²) in [4.78, 5) is 25.2. The number of hydrogen-bond donors (Lipinski definition) is 1. The van der Waals surface area contributed by atoms with Gasteiger partial charge in [0.05, 0.1) is 18.9 Å². The summed E-state index contributed by atoms with van der Waals surface area (Å²) in [7, 11) is 1.38. The highest BCUT2D eigenvalue weighted by Gasteiger charge is 2.20. The fourth-order valence-corrected chi connectivity index (χ4v) is 2.79. The molecule has 4 rings (SSSR count). The molecule has 0 fully saturated rings. The first-order valence-electron chi connectivity index (χ1n) is 8.51. The zero-order chi connectivity index (χ0) is 19.7. The number of hydrogen-bond acceptors (Lipinski definition) is 6. The molecule has 0 unspecified atom stereocenters. The summed E-state index contributed by atoms with van der Waals surface area (Å²) in [6.45, 7) is 2.09. The molecule has 3 aromatic rings. The predicted octanol–water partition coefficient (Wildman–Crippen LogP) is 2.53. The van der Waals surface area contributed by atoms with Crippen molar-refractivity contribution in [2.45, 2.75) is 6.92 Å². The Labute approximate surface area is 160 Å².